The Labute approximate surface area is 140 Å². The Balaban J connectivity index is 2.28. The van der Waals surface area contributed by atoms with Gasteiger partial charge in [0.2, 0.25) is 0 Å². The van der Waals surface area contributed by atoms with Crippen LogP contribution in [0.4, 0.5) is 0 Å². The summed E-state index contributed by atoms with van der Waals surface area (Å²) in [6, 6.07) is 10.2. The number of hydrogen-bond acceptors (Lipinski definition) is 4. The summed E-state index contributed by atoms with van der Waals surface area (Å²) >= 11 is 6.87. The van der Waals surface area contributed by atoms with Gasteiger partial charge < -0.3 is 4.74 Å². The second-order valence-electron chi connectivity index (χ2n) is 5.17. The van der Waals surface area contributed by atoms with Gasteiger partial charge in [-0.25, -0.2) is 13.1 Å². The molecular weight excluding hydrogens is 342 g/mol. The zero-order valence-corrected chi connectivity index (χ0v) is 14.9. The molecule has 2 rings (SSSR count). The molecule has 0 aliphatic rings. The fourth-order valence-corrected chi connectivity index (χ4v) is 4.94. The lowest BCUT2D eigenvalue weighted by Crippen LogP contribution is -2.31. The Kier molecular flexibility index (Phi) is 5.50. The fraction of sp³-hybridized carbons (Fsp3) is 0.333. The Morgan fingerprint density at radius 3 is 2.23 bits per heavy atom. The van der Waals surface area contributed by atoms with Gasteiger partial charge in [0.15, 0.2) is 0 Å². The SMILES string of the molecule is COc1ccc([C@H](NS(=O)(=O)c2ccc(Cl)s2)C(C)C)cc1. The number of sulfonamides is 1. The molecule has 7 heteroatoms. The third-order valence-electron chi connectivity index (χ3n) is 3.24. The van der Waals surface area contributed by atoms with Crippen LogP contribution in [-0.2, 0) is 10.0 Å². The van der Waals surface area contributed by atoms with Gasteiger partial charge in [-0.1, -0.05) is 37.6 Å². The number of halogens is 1. The molecule has 22 heavy (non-hydrogen) atoms. The van der Waals surface area contributed by atoms with Gasteiger partial charge in [0.1, 0.15) is 9.96 Å². The van der Waals surface area contributed by atoms with Gasteiger partial charge in [-0.05, 0) is 35.7 Å². The molecule has 1 N–H and O–H groups in total. The second kappa shape index (κ2) is 7.00. The molecule has 120 valence electrons. The molecule has 4 nitrogen and oxygen atoms in total. The standard InChI is InChI=1S/C15H18ClNO3S2/c1-10(2)15(11-4-6-12(20-3)7-5-11)17-22(18,19)14-9-8-13(16)21-14/h4-10,15,17H,1-3H3/t15-/m1/s1. The van der Waals surface area contributed by atoms with Crippen LogP contribution in [0.1, 0.15) is 25.5 Å². The predicted molar refractivity (Wildman–Crippen MR) is 90.2 cm³/mol. The van der Waals surface area contributed by atoms with E-state index in [0.29, 0.717) is 4.34 Å². The average molecular weight is 360 g/mol. The van der Waals surface area contributed by atoms with Crippen molar-refractivity contribution in [3.63, 3.8) is 0 Å². The van der Waals surface area contributed by atoms with Crippen LogP contribution in [0, 0.1) is 5.92 Å². The van der Waals surface area contributed by atoms with Crippen LogP contribution in [0.3, 0.4) is 0 Å². The highest BCUT2D eigenvalue weighted by Crippen LogP contribution is 2.29. The van der Waals surface area contributed by atoms with Gasteiger partial charge in [-0.15, -0.1) is 11.3 Å². The fourth-order valence-electron chi connectivity index (χ4n) is 2.07. The second-order valence-corrected chi connectivity index (χ2v) is 8.83. The minimum absolute atomic E-state index is 0.0959. The first-order valence-electron chi connectivity index (χ1n) is 6.75. The molecule has 0 spiro atoms. The summed E-state index contributed by atoms with van der Waals surface area (Å²) in [5.41, 5.74) is 0.891. The first-order valence-corrected chi connectivity index (χ1v) is 9.43. The van der Waals surface area contributed by atoms with Gasteiger partial charge in [0, 0.05) is 6.04 Å². The molecule has 0 radical (unpaired) electrons. The predicted octanol–water partition coefficient (Wildman–Crippen LogP) is 4.09. The van der Waals surface area contributed by atoms with Crippen LogP contribution < -0.4 is 9.46 Å². The van der Waals surface area contributed by atoms with Crippen LogP contribution in [0.2, 0.25) is 4.34 Å². The summed E-state index contributed by atoms with van der Waals surface area (Å²) in [5.74, 6) is 0.831. The van der Waals surface area contributed by atoms with Crippen molar-refractivity contribution >= 4 is 33.0 Å². The van der Waals surface area contributed by atoms with Gasteiger partial charge in [-0.2, -0.15) is 0 Å². The molecule has 1 aromatic carbocycles. The number of benzene rings is 1. The van der Waals surface area contributed by atoms with E-state index in [0.717, 1.165) is 22.6 Å². The summed E-state index contributed by atoms with van der Waals surface area (Å²) in [6.45, 7) is 3.94. The molecule has 0 bridgehead atoms. The lowest BCUT2D eigenvalue weighted by Gasteiger charge is -2.22. The van der Waals surface area contributed by atoms with Crippen LogP contribution in [0.5, 0.6) is 5.75 Å². The summed E-state index contributed by atoms with van der Waals surface area (Å²) < 4.78 is 33.5. The Morgan fingerprint density at radius 2 is 1.77 bits per heavy atom. The zero-order chi connectivity index (χ0) is 16.3. The van der Waals surface area contributed by atoms with E-state index >= 15 is 0 Å². The first-order chi connectivity index (χ1) is 10.3. The number of thiophene rings is 1. The number of methoxy groups -OCH3 is 1. The van der Waals surface area contributed by atoms with Crippen LogP contribution >= 0.6 is 22.9 Å². The van der Waals surface area contributed by atoms with Crippen LogP contribution in [0.25, 0.3) is 0 Å². The maximum Gasteiger partial charge on any atom is 0.250 e. The third kappa shape index (κ3) is 4.01. The quantitative estimate of drug-likeness (QED) is 0.845. The van der Waals surface area contributed by atoms with Crippen LogP contribution in [0.15, 0.2) is 40.6 Å². The van der Waals surface area contributed by atoms with Crippen LogP contribution in [-0.4, -0.2) is 15.5 Å². The maximum atomic E-state index is 12.5. The average Bonchev–Trinajstić information content (AvgIpc) is 2.92. The Hall–Kier alpha value is -1.08. The number of ether oxygens (including phenoxy) is 1. The molecular formula is C15H18ClNO3S2. The molecule has 0 saturated heterocycles. The number of hydrogen-bond donors (Lipinski definition) is 1. The molecule has 0 amide bonds. The normalized spacial score (nSPS) is 13.3. The van der Waals surface area contributed by atoms with E-state index in [-0.39, 0.29) is 16.2 Å². The third-order valence-corrected chi connectivity index (χ3v) is 6.40. The maximum absolute atomic E-state index is 12.5. The lowest BCUT2D eigenvalue weighted by atomic mass is 9.97. The van der Waals surface area contributed by atoms with Crippen molar-refractivity contribution in [3.05, 3.63) is 46.3 Å². The summed E-state index contributed by atoms with van der Waals surface area (Å²) in [7, 11) is -2.00. The topological polar surface area (TPSA) is 55.4 Å². The van der Waals surface area contributed by atoms with Gasteiger partial charge >= 0.3 is 0 Å². The molecule has 1 aromatic heterocycles. The van der Waals surface area contributed by atoms with E-state index in [1.165, 1.54) is 6.07 Å². The summed E-state index contributed by atoms with van der Waals surface area (Å²) in [4.78, 5) is 0. The summed E-state index contributed by atoms with van der Waals surface area (Å²) in [5, 5.41) is 0. The largest absolute Gasteiger partial charge is 0.497 e. The highest BCUT2D eigenvalue weighted by molar-refractivity contribution is 7.91. The smallest absolute Gasteiger partial charge is 0.250 e. The zero-order valence-electron chi connectivity index (χ0n) is 12.5. The minimum Gasteiger partial charge on any atom is -0.497 e. The molecule has 1 heterocycles. The minimum atomic E-state index is -3.59. The molecule has 0 aliphatic heterocycles. The lowest BCUT2D eigenvalue weighted by molar-refractivity contribution is 0.413. The summed E-state index contributed by atoms with van der Waals surface area (Å²) in [6.07, 6.45) is 0. The molecule has 0 aliphatic carbocycles. The Bertz CT molecular complexity index is 724. The van der Waals surface area contributed by atoms with Gasteiger partial charge in [0.25, 0.3) is 10.0 Å². The van der Waals surface area contributed by atoms with Crippen molar-refractivity contribution in [2.75, 3.05) is 7.11 Å². The van der Waals surface area contributed by atoms with Crippen molar-refractivity contribution in [2.45, 2.75) is 24.1 Å². The molecule has 2 aromatic rings. The van der Waals surface area contributed by atoms with E-state index in [1.807, 2.05) is 38.1 Å². The van der Waals surface area contributed by atoms with Crippen molar-refractivity contribution in [3.8, 4) is 5.75 Å². The molecule has 0 fully saturated rings. The van der Waals surface area contributed by atoms with Gasteiger partial charge in [0.05, 0.1) is 11.4 Å². The number of rotatable bonds is 6. The van der Waals surface area contributed by atoms with E-state index in [9.17, 15) is 8.42 Å². The van der Waals surface area contributed by atoms with Crippen molar-refractivity contribution in [2.24, 2.45) is 5.92 Å². The highest BCUT2D eigenvalue weighted by atomic mass is 35.5. The van der Waals surface area contributed by atoms with Gasteiger partial charge in [-0.3, -0.25) is 0 Å². The molecule has 0 unspecified atom stereocenters. The van der Waals surface area contributed by atoms with E-state index in [1.54, 1.807) is 13.2 Å². The Morgan fingerprint density at radius 1 is 1.14 bits per heavy atom. The highest BCUT2D eigenvalue weighted by Gasteiger charge is 2.25. The first kappa shape index (κ1) is 17.3. The number of nitrogens with one attached hydrogen (secondary N) is 1. The molecule has 1 atom stereocenters. The van der Waals surface area contributed by atoms with E-state index in [4.69, 9.17) is 16.3 Å². The van der Waals surface area contributed by atoms with Crippen molar-refractivity contribution < 1.29 is 13.2 Å². The van der Waals surface area contributed by atoms with E-state index in [2.05, 4.69) is 4.72 Å². The molecule has 0 saturated carbocycles. The van der Waals surface area contributed by atoms with Crippen molar-refractivity contribution in [1.29, 1.82) is 0 Å². The van der Waals surface area contributed by atoms with E-state index < -0.39 is 10.0 Å². The van der Waals surface area contributed by atoms with Crippen molar-refractivity contribution in [1.82, 2.24) is 4.72 Å². The monoisotopic (exact) mass is 359 g/mol.